The molecule has 3 heteroatoms. The van der Waals surface area contributed by atoms with Crippen molar-refractivity contribution in [2.24, 2.45) is 0 Å². The second-order valence-corrected chi connectivity index (χ2v) is 5.00. The predicted octanol–water partition coefficient (Wildman–Crippen LogP) is 3.52. The molecule has 1 aromatic heterocycles. The van der Waals surface area contributed by atoms with E-state index in [1.165, 1.54) is 5.56 Å². The Morgan fingerprint density at radius 2 is 2.00 bits per heavy atom. The molecule has 0 radical (unpaired) electrons. The van der Waals surface area contributed by atoms with Crippen molar-refractivity contribution >= 4 is 0 Å². The summed E-state index contributed by atoms with van der Waals surface area (Å²) < 4.78 is 0. The molecule has 0 amide bonds. The van der Waals surface area contributed by atoms with Gasteiger partial charge < -0.3 is 10.1 Å². The third-order valence-electron chi connectivity index (χ3n) is 3.60. The Morgan fingerprint density at radius 1 is 1.26 bits per heavy atom. The van der Waals surface area contributed by atoms with Gasteiger partial charge in [-0.25, -0.2) is 4.98 Å². The third-order valence-corrected chi connectivity index (χ3v) is 3.60. The number of aryl methyl sites for hydroxylation is 1. The smallest absolute Gasteiger partial charge is 0.106 e. The van der Waals surface area contributed by atoms with Crippen molar-refractivity contribution in [2.45, 2.75) is 39.0 Å². The fraction of sp³-hybridized carbons (Fsp3) is 0.438. The van der Waals surface area contributed by atoms with E-state index < -0.39 is 0 Å². The predicted molar refractivity (Wildman–Crippen MR) is 78.1 cm³/mol. The maximum atomic E-state index is 8.82. The lowest BCUT2D eigenvalue weighted by Gasteiger charge is -2.09. The number of imidazole rings is 1. The first-order valence-electron chi connectivity index (χ1n) is 6.99. The minimum atomic E-state index is 0.208. The van der Waals surface area contributed by atoms with Gasteiger partial charge in [0, 0.05) is 13.0 Å². The van der Waals surface area contributed by atoms with Gasteiger partial charge in [0.25, 0.3) is 0 Å². The van der Waals surface area contributed by atoms with Crippen LogP contribution in [0.25, 0.3) is 11.3 Å². The van der Waals surface area contributed by atoms with E-state index in [0.717, 1.165) is 36.3 Å². The molecule has 3 nitrogen and oxygen atoms in total. The van der Waals surface area contributed by atoms with Gasteiger partial charge in [0.1, 0.15) is 5.82 Å². The Bertz CT molecular complexity index is 502. The van der Waals surface area contributed by atoms with Crippen LogP contribution in [0.3, 0.4) is 0 Å². The Kier molecular flexibility index (Phi) is 4.74. The molecule has 0 bridgehead atoms. The van der Waals surface area contributed by atoms with E-state index in [1.807, 2.05) is 6.20 Å². The van der Waals surface area contributed by atoms with Crippen LogP contribution >= 0.6 is 0 Å². The van der Waals surface area contributed by atoms with Crippen molar-refractivity contribution in [1.82, 2.24) is 9.97 Å². The number of aromatic amines is 1. The monoisotopic (exact) mass is 258 g/mol. The van der Waals surface area contributed by atoms with Gasteiger partial charge in [-0.2, -0.15) is 0 Å². The quantitative estimate of drug-likeness (QED) is 0.833. The van der Waals surface area contributed by atoms with Gasteiger partial charge in [-0.1, -0.05) is 38.1 Å². The normalized spacial score (nSPS) is 12.6. The van der Waals surface area contributed by atoms with E-state index in [0.29, 0.717) is 5.92 Å². The number of aliphatic hydroxyl groups is 1. The Morgan fingerprint density at radius 3 is 2.63 bits per heavy atom. The zero-order chi connectivity index (χ0) is 13.7. The molecule has 2 N–H and O–H groups in total. The summed E-state index contributed by atoms with van der Waals surface area (Å²) in [5.41, 5.74) is 3.59. The van der Waals surface area contributed by atoms with E-state index in [1.54, 1.807) is 0 Å². The molecule has 102 valence electrons. The first-order chi connectivity index (χ1) is 9.24. The number of H-pyrrole nitrogens is 1. The summed E-state index contributed by atoms with van der Waals surface area (Å²) in [6.45, 7) is 4.67. The highest BCUT2D eigenvalue weighted by molar-refractivity contribution is 5.59. The molecule has 1 atom stereocenters. The third kappa shape index (κ3) is 3.44. The maximum Gasteiger partial charge on any atom is 0.106 e. The van der Waals surface area contributed by atoms with Crippen LogP contribution in [0.1, 0.15) is 44.0 Å². The van der Waals surface area contributed by atoms with E-state index in [2.05, 4.69) is 48.1 Å². The molecule has 2 aromatic rings. The van der Waals surface area contributed by atoms with E-state index in [9.17, 15) is 0 Å². The highest BCUT2D eigenvalue weighted by Gasteiger charge is 2.05. The zero-order valence-corrected chi connectivity index (χ0v) is 11.7. The van der Waals surface area contributed by atoms with Crippen LogP contribution < -0.4 is 0 Å². The number of nitrogens with zero attached hydrogens (tertiary/aromatic N) is 1. The lowest BCUT2D eigenvalue weighted by Crippen LogP contribution is -1.92. The number of hydrogen-bond acceptors (Lipinski definition) is 2. The molecular weight excluding hydrogens is 236 g/mol. The van der Waals surface area contributed by atoms with Crippen molar-refractivity contribution < 1.29 is 5.11 Å². The van der Waals surface area contributed by atoms with E-state index >= 15 is 0 Å². The summed E-state index contributed by atoms with van der Waals surface area (Å²) in [7, 11) is 0. The van der Waals surface area contributed by atoms with Crippen molar-refractivity contribution in [1.29, 1.82) is 0 Å². The first-order valence-corrected chi connectivity index (χ1v) is 6.99. The fourth-order valence-electron chi connectivity index (χ4n) is 2.11. The average Bonchev–Trinajstić information content (AvgIpc) is 2.93. The van der Waals surface area contributed by atoms with Crippen molar-refractivity contribution in [3.8, 4) is 11.3 Å². The molecule has 0 aliphatic heterocycles. The van der Waals surface area contributed by atoms with Crippen LogP contribution in [-0.2, 0) is 6.42 Å². The number of hydrogen-bond donors (Lipinski definition) is 2. The largest absolute Gasteiger partial charge is 0.396 e. The molecule has 0 saturated carbocycles. The molecule has 0 fully saturated rings. The second-order valence-electron chi connectivity index (χ2n) is 5.00. The lowest BCUT2D eigenvalue weighted by molar-refractivity contribution is 0.287. The Hall–Kier alpha value is -1.61. The molecular formula is C16H22N2O. The highest BCUT2D eigenvalue weighted by atomic mass is 16.2. The summed E-state index contributed by atoms with van der Waals surface area (Å²) >= 11 is 0. The number of nitrogens with one attached hydrogen (secondary N) is 1. The minimum Gasteiger partial charge on any atom is -0.396 e. The molecule has 1 unspecified atom stereocenters. The summed E-state index contributed by atoms with van der Waals surface area (Å²) in [5, 5.41) is 8.82. The topological polar surface area (TPSA) is 48.9 Å². The van der Waals surface area contributed by atoms with Gasteiger partial charge in [-0.15, -0.1) is 0 Å². The van der Waals surface area contributed by atoms with Gasteiger partial charge in [0.2, 0.25) is 0 Å². The van der Waals surface area contributed by atoms with Crippen LogP contribution in [0.4, 0.5) is 0 Å². The molecule has 19 heavy (non-hydrogen) atoms. The molecule has 0 aliphatic carbocycles. The second kappa shape index (κ2) is 6.53. The van der Waals surface area contributed by atoms with Crippen LogP contribution in [0.2, 0.25) is 0 Å². The van der Waals surface area contributed by atoms with Crippen molar-refractivity contribution in [2.75, 3.05) is 6.61 Å². The molecule has 0 saturated heterocycles. The maximum absolute atomic E-state index is 8.82. The van der Waals surface area contributed by atoms with E-state index in [4.69, 9.17) is 5.11 Å². The van der Waals surface area contributed by atoms with Crippen LogP contribution in [0, 0.1) is 0 Å². The summed E-state index contributed by atoms with van der Waals surface area (Å²) in [5.74, 6) is 1.55. The molecule has 1 aromatic carbocycles. The van der Waals surface area contributed by atoms with Gasteiger partial charge >= 0.3 is 0 Å². The van der Waals surface area contributed by atoms with Crippen LogP contribution in [0.15, 0.2) is 30.5 Å². The highest BCUT2D eigenvalue weighted by Crippen LogP contribution is 2.23. The number of rotatable bonds is 6. The molecule has 1 heterocycles. The molecule has 0 spiro atoms. The number of aliphatic hydroxyl groups excluding tert-OH is 1. The SMILES string of the molecule is CCC(C)c1ccc(-c2cnc(CCCO)[nH]2)cc1. The lowest BCUT2D eigenvalue weighted by atomic mass is 9.97. The molecule has 0 aliphatic rings. The Balaban J connectivity index is 2.11. The van der Waals surface area contributed by atoms with Crippen LogP contribution in [0.5, 0.6) is 0 Å². The van der Waals surface area contributed by atoms with Gasteiger partial charge in [-0.05, 0) is 29.9 Å². The van der Waals surface area contributed by atoms with Crippen LogP contribution in [-0.4, -0.2) is 21.7 Å². The average molecular weight is 258 g/mol. The standard InChI is InChI=1S/C16H22N2O/c1-3-12(2)13-6-8-14(9-7-13)15-11-17-16(18-15)5-4-10-19/h6-9,11-12,19H,3-5,10H2,1-2H3,(H,17,18). The Labute approximate surface area is 114 Å². The number of aromatic nitrogens is 2. The van der Waals surface area contributed by atoms with Crippen molar-refractivity contribution in [3.63, 3.8) is 0 Å². The van der Waals surface area contributed by atoms with Crippen molar-refractivity contribution in [3.05, 3.63) is 41.9 Å². The summed E-state index contributed by atoms with van der Waals surface area (Å²) in [4.78, 5) is 7.64. The van der Waals surface area contributed by atoms with Gasteiger partial charge in [0.05, 0.1) is 11.9 Å². The van der Waals surface area contributed by atoms with Gasteiger partial charge in [-0.3, -0.25) is 0 Å². The number of benzene rings is 1. The first kappa shape index (κ1) is 13.8. The molecule has 2 rings (SSSR count). The fourth-order valence-corrected chi connectivity index (χ4v) is 2.11. The summed E-state index contributed by atoms with van der Waals surface area (Å²) in [6.07, 6.45) is 4.57. The van der Waals surface area contributed by atoms with E-state index in [-0.39, 0.29) is 6.61 Å². The van der Waals surface area contributed by atoms with Gasteiger partial charge in [0.15, 0.2) is 0 Å². The zero-order valence-electron chi connectivity index (χ0n) is 11.7. The minimum absolute atomic E-state index is 0.208. The summed E-state index contributed by atoms with van der Waals surface area (Å²) in [6, 6.07) is 8.67.